The second-order valence-corrected chi connectivity index (χ2v) is 7.50. The molecule has 152 valence electrons. The van der Waals surface area contributed by atoms with Crippen LogP contribution >= 0.6 is 0 Å². The number of hydrogen-bond donors (Lipinski definition) is 3. The number of nitrogen functional groups attached to an aromatic ring is 1. The van der Waals surface area contributed by atoms with Gasteiger partial charge in [-0.15, -0.1) is 0 Å². The van der Waals surface area contributed by atoms with Crippen LogP contribution in [-0.2, 0) is 4.79 Å². The minimum Gasteiger partial charge on any atom is -0.451 e. The number of likely N-dealkylation sites (N-methyl/N-ethyl adjacent to an activating group) is 1. The van der Waals surface area contributed by atoms with E-state index in [4.69, 9.17) is 10.2 Å². The molecular formula is C21H25N5O3. The van der Waals surface area contributed by atoms with Crippen LogP contribution in [0.15, 0.2) is 34.7 Å². The topological polar surface area (TPSA) is 117 Å². The van der Waals surface area contributed by atoms with E-state index in [-0.39, 0.29) is 24.3 Å². The van der Waals surface area contributed by atoms with Crippen LogP contribution in [-0.4, -0.2) is 46.3 Å². The molecule has 0 aliphatic heterocycles. The van der Waals surface area contributed by atoms with E-state index in [9.17, 15) is 9.59 Å². The van der Waals surface area contributed by atoms with Gasteiger partial charge in [0.15, 0.2) is 11.7 Å². The molecule has 1 saturated carbocycles. The van der Waals surface area contributed by atoms with Gasteiger partial charge in [-0.2, -0.15) is 0 Å². The van der Waals surface area contributed by atoms with E-state index < -0.39 is 5.91 Å². The highest BCUT2D eigenvalue weighted by Crippen LogP contribution is 2.26. The van der Waals surface area contributed by atoms with E-state index in [2.05, 4.69) is 15.3 Å². The van der Waals surface area contributed by atoms with Crippen LogP contribution in [0.2, 0.25) is 0 Å². The molecule has 2 aromatic heterocycles. The fourth-order valence-electron chi connectivity index (χ4n) is 3.84. The third-order valence-electron chi connectivity index (χ3n) is 5.53. The summed E-state index contributed by atoms with van der Waals surface area (Å²) in [6.45, 7) is -0.0404. The summed E-state index contributed by atoms with van der Waals surface area (Å²) in [5.74, 6) is 0.570. The van der Waals surface area contributed by atoms with Crippen molar-refractivity contribution in [1.29, 1.82) is 0 Å². The van der Waals surface area contributed by atoms with Gasteiger partial charge in [-0.25, -0.2) is 4.98 Å². The number of furan rings is 1. The number of hydrogen-bond acceptors (Lipinski definition) is 5. The lowest BCUT2D eigenvalue weighted by Crippen LogP contribution is -2.44. The number of H-pyrrole nitrogens is 1. The monoisotopic (exact) mass is 395 g/mol. The molecule has 1 aromatic carbocycles. The van der Waals surface area contributed by atoms with E-state index in [0.717, 1.165) is 42.3 Å². The number of aromatic nitrogens is 2. The minimum atomic E-state index is -0.409. The number of nitrogens with one attached hydrogen (secondary N) is 2. The smallest absolute Gasteiger partial charge is 0.287 e. The molecule has 0 unspecified atom stereocenters. The average Bonchev–Trinajstić information content (AvgIpc) is 3.37. The quantitative estimate of drug-likeness (QED) is 0.614. The SMILES string of the molecule is CN(C(=O)CNC(=O)c1ccc(-c2ccc3nc(N)[nH]c3c2)o1)C1CCCCC1. The second-order valence-electron chi connectivity index (χ2n) is 7.50. The molecule has 8 heteroatoms. The Morgan fingerprint density at radius 3 is 2.83 bits per heavy atom. The molecule has 4 N–H and O–H groups in total. The van der Waals surface area contributed by atoms with Crippen molar-refractivity contribution in [3.05, 3.63) is 36.1 Å². The lowest BCUT2D eigenvalue weighted by atomic mass is 9.94. The summed E-state index contributed by atoms with van der Waals surface area (Å²) >= 11 is 0. The number of imidazole rings is 1. The summed E-state index contributed by atoms with van der Waals surface area (Å²) in [7, 11) is 1.81. The van der Waals surface area contributed by atoms with Crippen LogP contribution in [0.5, 0.6) is 0 Å². The van der Waals surface area contributed by atoms with Gasteiger partial charge in [-0.1, -0.05) is 19.3 Å². The van der Waals surface area contributed by atoms with Crippen molar-refractivity contribution in [2.24, 2.45) is 0 Å². The highest BCUT2D eigenvalue weighted by Gasteiger charge is 2.22. The third kappa shape index (κ3) is 4.11. The number of anilines is 1. The first kappa shape index (κ1) is 19.0. The number of rotatable bonds is 5. The first-order valence-electron chi connectivity index (χ1n) is 9.90. The summed E-state index contributed by atoms with van der Waals surface area (Å²) in [5.41, 5.74) is 8.03. The lowest BCUT2D eigenvalue weighted by molar-refractivity contribution is -0.131. The summed E-state index contributed by atoms with van der Waals surface area (Å²) in [6.07, 6.45) is 5.60. The van der Waals surface area contributed by atoms with Crippen molar-refractivity contribution in [2.75, 3.05) is 19.3 Å². The predicted molar refractivity (Wildman–Crippen MR) is 110 cm³/mol. The molecule has 0 spiro atoms. The molecular weight excluding hydrogens is 370 g/mol. The van der Waals surface area contributed by atoms with Crippen LogP contribution in [0.4, 0.5) is 5.95 Å². The van der Waals surface area contributed by atoms with E-state index in [1.54, 1.807) is 17.0 Å². The minimum absolute atomic E-state index is 0.0404. The molecule has 2 heterocycles. The normalized spacial score (nSPS) is 14.8. The Labute approximate surface area is 168 Å². The molecule has 2 amide bonds. The van der Waals surface area contributed by atoms with E-state index in [1.165, 1.54) is 6.42 Å². The molecule has 1 aliphatic rings. The van der Waals surface area contributed by atoms with Crippen LogP contribution in [0.3, 0.4) is 0 Å². The fraction of sp³-hybridized carbons (Fsp3) is 0.381. The van der Waals surface area contributed by atoms with Gasteiger partial charge in [-0.3, -0.25) is 9.59 Å². The maximum absolute atomic E-state index is 12.4. The van der Waals surface area contributed by atoms with Crippen LogP contribution in [0, 0.1) is 0 Å². The molecule has 8 nitrogen and oxygen atoms in total. The van der Waals surface area contributed by atoms with Gasteiger partial charge in [0.25, 0.3) is 5.91 Å². The Balaban J connectivity index is 1.38. The zero-order valence-corrected chi connectivity index (χ0v) is 16.4. The summed E-state index contributed by atoms with van der Waals surface area (Å²) < 4.78 is 5.69. The lowest BCUT2D eigenvalue weighted by Gasteiger charge is -2.31. The number of carbonyl (C=O) groups excluding carboxylic acids is 2. The van der Waals surface area contributed by atoms with Crippen molar-refractivity contribution in [3.8, 4) is 11.3 Å². The molecule has 0 radical (unpaired) electrons. The largest absolute Gasteiger partial charge is 0.451 e. The van der Waals surface area contributed by atoms with Crippen LogP contribution < -0.4 is 11.1 Å². The van der Waals surface area contributed by atoms with Gasteiger partial charge < -0.3 is 25.4 Å². The zero-order chi connectivity index (χ0) is 20.4. The number of aromatic amines is 1. The molecule has 1 aliphatic carbocycles. The Kier molecular flexibility index (Phi) is 5.24. The fourth-order valence-corrected chi connectivity index (χ4v) is 3.84. The van der Waals surface area contributed by atoms with Gasteiger partial charge in [0, 0.05) is 18.7 Å². The van der Waals surface area contributed by atoms with Gasteiger partial charge >= 0.3 is 0 Å². The Hall–Kier alpha value is -3.29. The number of carbonyl (C=O) groups is 2. The third-order valence-corrected chi connectivity index (χ3v) is 5.53. The maximum Gasteiger partial charge on any atom is 0.287 e. The van der Waals surface area contributed by atoms with Gasteiger partial charge in [0.2, 0.25) is 5.91 Å². The van der Waals surface area contributed by atoms with Crippen molar-refractivity contribution >= 4 is 28.8 Å². The Morgan fingerprint density at radius 2 is 2.03 bits per heavy atom. The summed E-state index contributed by atoms with van der Waals surface area (Å²) in [4.78, 5) is 33.7. The van der Waals surface area contributed by atoms with Gasteiger partial charge in [-0.05, 0) is 43.2 Å². The standard InChI is InChI=1S/C21H25N5O3/c1-26(14-5-3-2-4-6-14)19(27)12-23-20(28)18-10-9-17(29-18)13-7-8-15-16(11-13)25-21(22)24-15/h7-11,14H,2-6,12H2,1H3,(H,23,28)(H3,22,24,25). The van der Waals surface area contributed by atoms with Gasteiger partial charge in [0.05, 0.1) is 17.6 Å². The first-order chi connectivity index (χ1) is 14.0. The van der Waals surface area contributed by atoms with Crippen molar-refractivity contribution < 1.29 is 14.0 Å². The van der Waals surface area contributed by atoms with Crippen molar-refractivity contribution in [1.82, 2.24) is 20.2 Å². The van der Waals surface area contributed by atoms with E-state index in [1.807, 2.05) is 25.2 Å². The Bertz CT molecular complexity index is 1030. The molecule has 0 atom stereocenters. The first-order valence-corrected chi connectivity index (χ1v) is 9.90. The number of amides is 2. The molecule has 4 rings (SSSR count). The molecule has 29 heavy (non-hydrogen) atoms. The summed E-state index contributed by atoms with van der Waals surface area (Å²) in [5, 5.41) is 2.66. The number of nitrogens with zero attached hydrogens (tertiary/aromatic N) is 2. The van der Waals surface area contributed by atoms with Crippen molar-refractivity contribution in [2.45, 2.75) is 38.1 Å². The number of nitrogens with two attached hydrogens (primary N) is 1. The number of fused-ring (bicyclic) bond motifs is 1. The molecule has 3 aromatic rings. The molecule has 1 fully saturated rings. The Morgan fingerprint density at radius 1 is 1.24 bits per heavy atom. The maximum atomic E-state index is 12.4. The second kappa shape index (κ2) is 7.98. The number of benzene rings is 1. The average molecular weight is 395 g/mol. The van der Waals surface area contributed by atoms with Gasteiger partial charge in [0.1, 0.15) is 5.76 Å². The molecule has 0 saturated heterocycles. The van der Waals surface area contributed by atoms with Crippen molar-refractivity contribution in [3.63, 3.8) is 0 Å². The highest BCUT2D eigenvalue weighted by molar-refractivity contribution is 5.95. The zero-order valence-electron chi connectivity index (χ0n) is 16.4. The predicted octanol–water partition coefficient (Wildman–Crippen LogP) is 2.93. The summed E-state index contributed by atoms with van der Waals surface area (Å²) in [6, 6.07) is 9.15. The van der Waals surface area contributed by atoms with Crippen LogP contribution in [0.1, 0.15) is 42.7 Å². The highest BCUT2D eigenvalue weighted by atomic mass is 16.3. The van der Waals surface area contributed by atoms with E-state index >= 15 is 0 Å². The van der Waals surface area contributed by atoms with E-state index in [0.29, 0.717) is 11.7 Å². The van der Waals surface area contributed by atoms with Crippen LogP contribution in [0.25, 0.3) is 22.4 Å². The molecule has 0 bridgehead atoms.